The minimum absolute atomic E-state index is 0.0612. The Morgan fingerprint density at radius 2 is 2.14 bits per heavy atom. The van der Waals surface area contributed by atoms with E-state index in [-0.39, 0.29) is 5.75 Å². The van der Waals surface area contributed by atoms with E-state index in [0.29, 0.717) is 17.6 Å². The van der Waals surface area contributed by atoms with Crippen LogP contribution in [0.1, 0.15) is 11.7 Å². The van der Waals surface area contributed by atoms with Gasteiger partial charge in [-0.2, -0.15) is 0 Å². The van der Waals surface area contributed by atoms with E-state index in [1.54, 1.807) is 18.2 Å². The van der Waals surface area contributed by atoms with Gasteiger partial charge in [0.25, 0.3) is 0 Å². The molecule has 1 rings (SSSR count). The molecule has 76 valence electrons. The molecule has 1 aromatic carbocycles. The number of aromatic hydroxyl groups is 1. The maximum Gasteiger partial charge on any atom is 0.164 e. The fourth-order valence-corrected chi connectivity index (χ4v) is 1.19. The van der Waals surface area contributed by atoms with Gasteiger partial charge < -0.3 is 19.4 Å². The van der Waals surface area contributed by atoms with Crippen molar-refractivity contribution in [2.24, 2.45) is 0 Å². The predicted octanol–water partition coefficient (Wildman–Crippen LogP) is 1.29. The van der Waals surface area contributed by atoms with Crippen LogP contribution in [0.3, 0.4) is 0 Å². The highest BCUT2D eigenvalue weighted by molar-refractivity contribution is 5.64. The standard InChI is InChI=1S/C10H12O4/c1-13-8-5-3-4-7(10(8)12)9(6-11)14-2/h3-6,9,12H,1-2H3. The SMILES string of the molecule is COc1cccc(C(C=O)OC)c1O. The van der Waals surface area contributed by atoms with Crippen molar-refractivity contribution in [3.8, 4) is 11.5 Å². The number of aldehydes is 1. The summed E-state index contributed by atoms with van der Waals surface area (Å²) in [6.07, 6.45) is -0.140. The fraction of sp³-hybridized carbons (Fsp3) is 0.300. The number of phenolic OH excluding ortho intramolecular Hbond substituents is 1. The summed E-state index contributed by atoms with van der Waals surface area (Å²) in [7, 11) is 2.85. The summed E-state index contributed by atoms with van der Waals surface area (Å²) < 4.78 is 9.79. The molecule has 0 aromatic heterocycles. The maximum atomic E-state index is 10.6. The molecule has 1 N–H and O–H groups in total. The quantitative estimate of drug-likeness (QED) is 0.737. The molecule has 0 heterocycles. The Morgan fingerprint density at radius 3 is 2.64 bits per heavy atom. The molecule has 0 aliphatic carbocycles. The number of methoxy groups -OCH3 is 2. The maximum absolute atomic E-state index is 10.6. The van der Waals surface area contributed by atoms with Crippen LogP contribution in [0.5, 0.6) is 11.5 Å². The van der Waals surface area contributed by atoms with Crippen LogP contribution in [0.25, 0.3) is 0 Å². The van der Waals surface area contributed by atoms with Crippen LogP contribution in [0, 0.1) is 0 Å². The molecule has 0 saturated heterocycles. The summed E-state index contributed by atoms with van der Waals surface area (Å²) in [4.78, 5) is 10.6. The van der Waals surface area contributed by atoms with Crippen LogP contribution in [0.15, 0.2) is 18.2 Å². The van der Waals surface area contributed by atoms with Crippen molar-refractivity contribution in [1.29, 1.82) is 0 Å². The average molecular weight is 196 g/mol. The number of para-hydroxylation sites is 1. The highest BCUT2D eigenvalue weighted by Crippen LogP contribution is 2.33. The summed E-state index contributed by atoms with van der Waals surface area (Å²) in [6.45, 7) is 0. The van der Waals surface area contributed by atoms with E-state index in [1.807, 2.05) is 0 Å². The Balaban J connectivity index is 3.13. The van der Waals surface area contributed by atoms with Gasteiger partial charge in [0, 0.05) is 12.7 Å². The van der Waals surface area contributed by atoms with Gasteiger partial charge in [0.15, 0.2) is 17.8 Å². The average Bonchev–Trinajstić information content (AvgIpc) is 2.22. The first kappa shape index (κ1) is 10.5. The number of benzene rings is 1. The zero-order chi connectivity index (χ0) is 10.6. The topological polar surface area (TPSA) is 55.8 Å². The van der Waals surface area contributed by atoms with E-state index in [0.717, 1.165) is 0 Å². The molecule has 0 amide bonds. The lowest BCUT2D eigenvalue weighted by atomic mass is 10.1. The summed E-state index contributed by atoms with van der Waals surface area (Å²) in [6, 6.07) is 4.90. The van der Waals surface area contributed by atoms with E-state index in [9.17, 15) is 9.90 Å². The fourth-order valence-electron chi connectivity index (χ4n) is 1.19. The molecule has 4 heteroatoms. The van der Waals surface area contributed by atoms with E-state index in [2.05, 4.69) is 0 Å². The number of carbonyl (C=O) groups is 1. The minimum atomic E-state index is -0.759. The van der Waals surface area contributed by atoms with E-state index >= 15 is 0 Å². The zero-order valence-corrected chi connectivity index (χ0v) is 8.06. The smallest absolute Gasteiger partial charge is 0.164 e. The van der Waals surface area contributed by atoms with Gasteiger partial charge in [0.1, 0.15) is 6.10 Å². The number of rotatable bonds is 4. The predicted molar refractivity (Wildman–Crippen MR) is 50.5 cm³/mol. The molecule has 1 unspecified atom stereocenters. The number of carbonyl (C=O) groups excluding carboxylic acids is 1. The number of ether oxygens (including phenoxy) is 2. The summed E-state index contributed by atoms with van der Waals surface area (Å²) in [5.74, 6) is 0.264. The second-order valence-electron chi connectivity index (χ2n) is 2.69. The van der Waals surface area contributed by atoms with Crippen LogP contribution in [-0.4, -0.2) is 25.6 Å². The lowest BCUT2D eigenvalue weighted by Gasteiger charge is -2.12. The van der Waals surface area contributed by atoms with E-state index in [1.165, 1.54) is 14.2 Å². The molecule has 14 heavy (non-hydrogen) atoms. The zero-order valence-electron chi connectivity index (χ0n) is 8.06. The lowest BCUT2D eigenvalue weighted by Crippen LogP contribution is -2.03. The molecular formula is C10H12O4. The molecule has 1 atom stereocenters. The lowest BCUT2D eigenvalue weighted by molar-refractivity contribution is -0.116. The molecule has 0 saturated carbocycles. The monoisotopic (exact) mass is 196 g/mol. The third-order valence-electron chi connectivity index (χ3n) is 1.93. The summed E-state index contributed by atoms with van der Waals surface area (Å²) in [5, 5.41) is 9.66. The molecular weight excluding hydrogens is 184 g/mol. The van der Waals surface area contributed by atoms with E-state index < -0.39 is 6.10 Å². The van der Waals surface area contributed by atoms with Crippen LogP contribution in [0.2, 0.25) is 0 Å². The van der Waals surface area contributed by atoms with Crippen molar-refractivity contribution in [3.63, 3.8) is 0 Å². The molecule has 0 aliphatic heterocycles. The second kappa shape index (κ2) is 4.62. The normalized spacial score (nSPS) is 12.1. The van der Waals surface area contributed by atoms with Crippen molar-refractivity contribution in [3.05, 3.63) is 23.8 Å². The molecule has 0 radical (unpaired) electrons. The highest BCUT2D eigenvalue weighted by atomic mass is 16.5. The number of hydrogen-bond donors (Lipinski definition) is 1. The van der Waals surface area contributed by atoms with Gasteiger partial charge >= 0.3 is 0 Å². The number of phenols is 1. The van der Waals surface area contributed by atoms with Crippen molar-refractivity contribution in [2.75, 3.05) is 14.2 Å². The Hall–Kier alpha value is -1.55. The Morgan fingerprint density at radius 1 is 1.43 bits per heavy atom. The second-order valence-corrected chi connectivity index (χ2v) is 2.69. The largest absolute Gasteiger partial charge is 0.504 e. The molecule has 1 aromatic rings. The van der Waals surface area contributed by atoms with Gasteiger partial charge in [0.05, 0.1) is 7.11 Å². The Kier molecular flexibility index (Phi) is 3.48. The van der Waals surface area contributed by atoms with Crippen LogP contribution in [-0.2, 0) is 9.53 Å². The minimum Gasteiger partial charge on any atom is -0.504 e. The molecule has 0 aliphatic rings. The van der Waals surface area contributed by atoms with E-state index in [4.69, 9.17) is 9.47 Å². The van der Waals surface area contributed by atoms with Crippen LogP contribution < -0.4 is 4.74 Å². The third-order valence-corrected chi connectivity index (χ3v) is 1.93. The van der Waals surface area contributed by atoms with Crippen molar-refractivity contribution in [1.82, 2.24) is 0 Å². The summed E-state index contributed by atoms with van der Waals surface area (Å²) in [5.41, 5.74) is 0.404. The summed E-state index contributed by atoms with van der Waals surface area (Å²) >= 11 is 0. The third kappa shape index (κ3) is 1.85. The number of hydrogen-bond acceptors (Lipinski definition) is 4. The first-order chi connectivity index (χ1) is 6.74. The van der Waals surface area contributed by atoms with Gasteiger partial charge in [-0.3, -0.25) is 0 Å². The van der Waals surface area contributed by atoms with Gasteiger partial charge in [0.2, 0.25) is 0 Å². The van der Waals surface area contributed by atoms with Gasteiger partial charge in [-0.25, -0.2) is 0 Å². The first-order valence-corrected chi connectivity index (χ1v) is 4.08. The highest BCUT2D eigenvalue weighted by Gasteiger charge is 2.16. The molecule has 0 bridgehead atoms. The van der Waals surface area contributed by atoms with Gasteiger partial charge in [-0.1, -0.05) is 12.1 Å². The van der Waals surface area contributed by atoms with Gasteiger partial charge in [-0.05, 0) is 6.07 Å². The Labute approximate surface area is 82.1 Å². The van der Waals surface area contributed by atoms with Crippen molar-refractivity contribution < 1.29 is 19.4 Å². The van der Waals surface area contributed by atoms with Crippen molar-refractivity contribution >= 4 is 6.29 Å². The van der Waals surface area contributed by atoms with Crippen LogP contribution >= 0.6 is 0 Å². The Bertz CT molecular complexity index is 322. The van der Waals surface area contributed by atoms with Crippen molar-refractivity contribution in [2.45, 2.75) is 6.10 Å². The molecule has 0 spiro atoms. The molecule has 4 nitrogen and oxygen atoms in total. The van der Waals surface area contributed by atoms with Gasteiger partial charge in [-0.15, -0.1) is 0 Å². The molecule has 0 fully saturated rings. The first-order valence-electron chi connectivity index (χ1n) is 4.08. The van der Waals surface area contributed by atoms with Crippen LogP contribution in [0.4, 0.5) is 0 Å².